The lowest BCUT2D eigenvalue weighted by Gasteiger charge is -2.24. The van der Waals surface area contributed by atoms with Crippen LogP contribution in [0.15, 0.2) is 0 Å². The van der Waals surface area contributed by atoms with Gasteiger partial charge in [0.2, 0.25) is 0 Å². The Kier molecular flexibility index (Phi) is 2.52. The average molecular weight is 126 g/mol. The maximum atomic E-state index is 4.48. The monoisotopic (exact) mass is 126 g/mol. The average Bonchev–Trinajstić information content (AvgIpc) is 1.90. The second-order valence-electron chi connectivity index (χ2n) is 3.07. The van der Waals surface area contributed by atoms with Crippen LogP contribution in [0.5, 0.6) is 0 Å². The van der Waals surface area contributed by atoms with Crippen LogP contribution in [0, 0.1) is 5.92 Å². The fourth-order valence-electron chi connectivity index (χ4n) is 1.32. The lowest BCUT2D eigenvalue weighted by atomic mass is 9.94. The van der Waals surface area contributed by atoms with E-state index in [1.165, 1.54) is 19.3 Å². The highest BCUT2D eigenvalue weighted by molar-refractivity contribution is 4.72. The second-order valence-corrected chi connectivity index (χ2v) is 3.07. The Labute approximate surface area is 57.8 Å². The fourth-order valence-corrected chi connectivity index (χ4v) is 1.32. The molecule has 53 valence electrons. The van der Waals surface area contributed by atoms with Crippen molar-refractivity contribution in [3.63, 3.8) is 0 Å². The van der Waals surface area contributed by atoms with E-state index in [9.17, 15) is 0 Å². The topological polar surface area (TPSA) is 14.1 Å². The van der Waals surface area contributed by atoms with Gasteiger partial charge in [-0.2, -0.15) is 0 Å². The maximum absolute atomic E-state index is 4.48. The zero-order valence-electron chi connectivity index (χ0n) is 6.43. The Morgan fingerprint density at radius 2 is 2.22 bits per heavy atom. The summed E-state index contributed by atoms with van der Waals surface area (Å²) < 4.78 is 0. The summed E-state index contributed by atoms with van der Waals surface area (Å²) in [5.41, 5.74) is 0. The van der Waals surface area contributed by atoms with Crippen LogP contribution in [0.25, 0.3) is 0 Å². The van der Waals surface area contributed by atoms with E-state index in [0.29, 0.717) is 6.04 Å². The van der Waals surface area contributed by atoms with Crippen LogP contribution in [0.2, 0.25) is 0 Å². The molecule has 1 heterocycles. The van der Waals surface area contributed by atoms with Gasteiger partial charge in [0, 0.05) is 12.6 Å². The van der Waals surface area contributed by atoms with Gasteiger partial charge >= 0.3 is 0 Å². The van der Waals surface area contributed by atoms with Crippen LogP contribution in [-0.4, -0.2) is 12.6 Å². The molecule has 1 aliphatic rings. The highest BCUT2D eigenvalue weighted by Gasteiger charge is 2.15. The molecule has 2 atom stereocenters. The van der Waals surface area contributed by atoms with E-state index in [2.05, 4.69) is 19.2 Å². The van der Waals surface area contributed by atoms with Crippen molar-refractivity contribution in [1.82, 2.24) is 5.32 Å². The van der Waals surface area contributed by atoms with Crippen molar-refractivity contribution in [3.8, 4) is 0 Å². The van der Waals surface area contributed by atoms with Crippen LogP contribution >= 0.6 is 0 Å². The van der Waals surface area contributed by atoms with Crippen LogP contribution < -0.4 is 5.32 Å². The molecule has 1 aliphatic heterocycles. The molecule has 0 aromatic rings. The minimum atomic E-state index is 0.646. The van der Waals surface area contributed by atoms with Crippen molar-refractivity contribution < 1.29 is 0 Å². The van der Waals surface area contributed by atoms with E-state index in [1.807, 2.05) is 0 Å². The summed E-state index contributed by atoms with van der Waals surface area (Å²) in [5, 5.41) is 4.48. The quantitative estimate of drug-likeness (QED) is 0.508. The molecule has 2 unspecified atom stereocenters. The summed E-state index contributed by atoms with van der Waals surface area (Å²) in [7, 11) is 0. The van der Waals surface area contributed by atoms with Gasteiger partial charge < -0.3 is 0 Å². The van der Waals surface area contributed by atoms with Gasteiger partial charge in [0.05, 0.1) is 0 Å². The minimum Gasteiger partial charge on any atom is -0.238 e. The van der Waals surface area contributed by atoms with E-state index in [-0.39, 0.29) is 0 Å². The molecule has 0 aromatic carbocycles. The molecule has 0 saturated carbocycles. The molecule has 1 saturated heterocycles. The van der Waals surface area contributed by atoms with Gasteiger partial charge in [-0.1, -0.05) is 13.3 Å². The largest absolute Gasteiger partial charge is 0.238 e. The molecule has 1 fully saturated rings. The van der Waals surface area contributed by atoms with Gasteiger partial charge in [0.25, 0.3) is 0 Å². The van der Waals surface area contributed by atoms with E-state index >= 15 is 0 Å². The molecule has 1 rings (SSSR count). The molecule has 0 bridgehead atoms. The molecule has 1 nitrogen and oxygen atoms in total. The first-order valence-electron chi connectivity index (χ1n) is 3.99. The molecule has 1 heteroatoms. The summed E-state index contributed by atoms with van der Waals surface area (Å²) >= 11 is 0. The lowest BCUT2D eigenvalue weighted by molar-refractivity contribution is 0.311. The van der Waals surface area contributed by atoms with E-state index in [1.54, 1.807) is 0 Å². The predicted octanol–water partition coefficient (Wildman–Crippen LogP) is 1.80. The normalized spacial score (nSPS) is 36.7. The Bertz CT molecular complexity index is 72.6. The Hall–Kier alpha value is -0.0400. The Balaban J connectivity index is 2.18. The summed E-state index contributed by atoms with van der Waals surface area (Å²) in [6, 6.07) is 0.646. The SMILES string of the molecule is CCC1CCC(C)[N]C1. The molecule has 9 heavy (non-hydrogen) atoms. The lowest BCUT2D eigenvalue weighted by Crippen LogP contribution is -2.30. The maximum Gasteiger partial charge on any atom is 0.0218 e. The highest BCUT2D eigenvalue weighted by atomic mass is 14.9. The summed E-state index contributed by atoms with van der Waals surface area (Å²) in [6.07, 6.45) is 4.04. The van der Waals surface area contributed by atoms with Crippen molar-refractivity contribution in [2.75, 3.05) is 6.54 Å². The van der Waals surface area contributed by atoms with Gasteiger partial charge in [-0.05, 0) is 25.7 Å². The van der Waals surface area contributed by atoms with Crippen LogP contribution in [0.1, 0.15) is 33.1 Å². The standard InChI is InChI=1S/C8H16N/c1-3-8-5-4-7(2)9-6-8/h7-8H,3-6H2,1-2H3. The third kappa shape index (κ3) is 1.98. The second kappa shape index (κ2) is 3.21. The molecule has 0 spiro atoms. The van der Waals surface area contributed by atoms with Crippen molar-refractivity contribution in [2.24, 2.45) is 5.92 Å². The van der Waals surface area contributed by atoms with Crippen molar-refractivity contribution >= 4 is 0 Å². The number of hydrogen-bond acceptors (Lipinski definition) is 0. The molecule has 0 aromatic heterocycles. The summed E-state index contributed by atoms with van der Waals surface area (Å²) in [6.45, 7) is 5.60. The number of hydrogen-bond donors (Lipinski definition) is 0. The van der Waals surface area contributed by atoms with E-state index < -0.39 is 0 Å². The molecule has 1 radical (unpaired) electrons. The van der Waals surface area contributed by atoms with E-state index in [4.69, 9.17) is 0 Å². The molecule has 0 aliphatic carbocycles. The molecule has 0 N–H and O–H groups in total. The third-order valence-corrected chi connectivity index (χ3v) is 2.25. The molecular formula is C8H16N. The zero-order chi connectivity index (χ0) is 6.69. The zero-order valence-corrected chi connectivity index (χ0v) is 6.43. The predicted molar refractivity (Wildman–Crippen MR) is 39.5 cm³/mol. The fraction of sp³-hybridized carbons (Fsp3) is 1.00. The Morgan fingerprint density at radius 3 is 2.67 bits per heavy atom. The molecular weight excluding hydrogens is 110 g/mol. The number of piperidine rings is 1. The first-order chi connectivity index (χ1) is 4.33. The smallest absolute Gasteiger partial charge is 0.0218 e. The first-order valence-corrected chi connectivity index (χ1v) is 3.99. The molecule has 0 amide bonds. The van der Waals surface area contributed by atoms with Crippen molar-refractivity contribution in [2.45, 2.75) is 39.2 Å². The number of rotatable bonds is 1. The van der Waals surface area contributed by atoms with Gasteiger partial charge in [-0.15, -0.1) is 0 Å². The van der Waals surface area contributed by atoms with E-state index in [0.717, 1.165) is 12.5 Å². The Morgan fingerprint density at radius 1 is 1.44 bits per heavy atom. The van der Waals surface area contributed by atoms with Crippen LogP contribution in [-0.2, 0) is 0 Å². The van der Waals surface area contributed by atoms with Gasteiger partial charge in [0.1, 0.15) is 0 Å². The minimum absolute atomic E-state index is 0.646. The van der Waals surface area contributed by atoms with Gasteiger partial charge in [-0.3, -0.25) is 0 Å². The first kappa shape index (κ1) is 7.07. The van der Waals surface area contributed by atoms with Crippen molar-refractivity contribution in [1.29, 1.82) is 0 Å². The third-order valence-electron chi connectivity index (χ3n) is 2.25. The summed E-state index contributed by atoms with van der Waals surface area (Å²) in [5.74, 6) is 0.904. The number of nitrogens with zero attached hydrogens (tertiary/aromatic N) is 1. The van der Waals surface area contributed by atoms with Crippen LogP contribution in [0.3, 0.4) is 0 Å². The van der Waals surface area contributed by atoms with Crippen molar-refractivity contribution in [3.05, 3.63) is 0 Å². The van der Waals surface area contributed by atoms with Crippen LogP contribution in [0.4, 0.5) is 0 Å². The van der Waals surface area contributed by atoms with Gasteiger partial charge in [-0.25, -0.2) is 5.32 Å². The van der Waals surface area contributed by atoms with Gasteiger partial charge in [0.15, 0.2) is 0 Å². The summed E-state index contributed by atoms with van der Waals surface area (Å²) in [4.78, 5) is 0. The highest BCUT2D eigenvalue weighted by Crippen LogP contribution is 2.17.